The molecule has 0 aliphatic carbocycles. The fourth-order valence-electron chi connectivity index (χ4n) is 2.06. The van der Waals surface area contributed by atoms with Gasteiger partial charge in [-0.25, -0.2) is 0 Å². The van der Waals surface area contributed by atoms with Crippen molar-refractivity contribution in [2.45, 2.75) is 26.0 Å². The Morgan fingerprint density at radius 1 is 1.04 bits per heavy atom. The summed E-state index contributed by atoms with van der Waals surface area (Å²) in [7, 11) is 0. The number of para-hydroxylation sites is 2. The second kappa shape index (κ2) is 11.3. The lowest BCUT2D eigenvalue weighted by atomic mass is 10.2. The zero-order valence-electron chi connectivity index (χ0n) is 14.3. The van der Waals surface area contributed by atoms with E-state index in [0.717, 1.165) is 12.0 Å². The molecule has 0 aliphatic rings. The van der Waals surface area contributed by atoms with Gasteiger partial charge >= 0.3 is 0 Å². The number of rotatable bonds is 9. The maximum Gasteiger partial charge on any atom is 0.257 e. The Bertz CT molecular complexity index is 636. The third kappa shape index (κ3) is 7.92. The summed E-state index contributed by atoms with van der Waals surface area (Å²) in [5.74, 6) is 0.994. The molecule has 25 heavy (non-hydrogen) atoms. The van der Waals surface area contributed by atoms with E-state index in [2.05, 4.69) is 5.32 Å². The molecular weight excluding hydrogens is 340 g/mol. The number of hydrogen-bond acceptors (Lipinski definition) is 4. The molecule has 1 amide bonds. The van der Waals surface area contributed by atoms with Crippen molar-refractivity contribution in [2.24, 2.45) is 5.73 Å². The lowest BCUT2D eigenvalue weighted by Crippen LogP contribution is -2.32. The van der Waals surface area contributed by atoms with E-state index in [1.54, 1.807) is 6.07 Å². The number of amides is 1. The van der Waals surface area contributed by atoms with Gasteiger partial charge in [-0.1, -0.05) is 42.5 Å². The molecule has 5 nitrogen and oxygen atoms in total. The van der Waals surface area contributed by atoms with Crippen molar-refractivity contribution >= 4 is 18.3 Å². The number of carbonyl (C=O) groups is 1. The van der Waals surface area contributed by atoms with Gasteiger partial charge in [0.2, 0.25) is 0 Å². The van der Waals surface area contributed by atoms with E-state index in [4.69, 9.17) is 15.2 Å². The average molecular weight is 365 g/mol. The summed E-state index contributed by atoms with van der Waals surface area (Å²) in [6.45, 7) is 2.85. The normalized spacial score (nSPS) is 11.1. The number of nitrogens with one attached hydrogen (secondary N) is 1. The Hall–Kier alpha value is -2.24. The Kier molecular flexibility index (Phi) is 9.43. The van der Waals surface area contributed by atoms with Crippen LogP contribution >= 0.6 is 12.4 Å². The van der Waals surface area contributed by atoms with Gasteiger partial charge in [0.05, 0.1) is 0 Å². The van der Waals surface area contributed by atoms with E-state index in [9.17, 15) is 4.79 Å². The predicted molar refractivity (Wildman–Crippen MR) is 101 cm³/mol. The number of ether oxygens (including phenoxy) is 2. The molecule has 0 saturated carbocycles. The molecule has 0 bridgehead atoms. The van der Waals surface area contributed by atoms with E-state index in [0.29, 0.717) is 24.7 Å². The largest absolute Gasteiger partial charge is 0.485 e. The van der Waals surface area contributed by atoms with Gasteiger partial charge in [0.25, 0.3) is 5.91 Å². The van der Waals surface area contributed by atoms with Crippen LogP contribution < -0.4 is 20.5 Å². The molecule has 0 aromatic heterocycles. The number of hydrogen-bond donors (Lipinski definition) is 2. The van der Waals surface area contributed by atoms with Crippen LogP contribution in [-0.4, -0.2) is 25.1 Å². The standard InChI is InChI=1S/C19H24N2O3.ClH/c1-15(20)11-12-21-19(22)14-24-18-10-6-5-9-17(18)23-13-16-7-3-2-4-8-16;/h2-10,15H,11-14,20H2,1H3,(H,21,22);1H. The monoisotopic (exact) mass is 364 g/mol. The van der Waals surface area contributed by atoms with Crippen LogP contribution in [0.5, 0.6) is 11.5 Å². The number of halogens is 1. The Morgan fingerprint density at radius 3 is 2.28 bits per heavy atom. The van der Waals surface area contributed by atoms with Crippen LogP contribution in [0.15, 0.2) is 54.6 Å². The molecule has 6 heteroatoms. The highest BCUT2D eigenvalue weighted by molar-refractivity contribution is 5.85. The fraction of sp³-hybridized carbons (Fsp3) is 0.316. The van der Waals surface area contributed by atoms with Crippen LogP contribution in [0.2, 0.25) is 0 Å². The van der Waals surface area contributed by atoms with Crippen molar-refractivity contribution in [3.8, 4) is 11.5 Å². The topological polar surface area (TPSA) is 73.6 Å². The van der Waals surface area contributed by atoms with Crippen molar-refractivity contribution in [2.75, 3.05) is 13.2 Å². The van der Waals surface area contributed by atoms with Crippen LogP contribution in [0.3, 0.4) is 0 Å². The minimum atomic E-state index is -0.173. The summed E-state index contributed by atoms with van der Waals surface area (Å²) in [5.41, 5.74) is 6.72. The molecule has 0 radical (unpaired) electrons. The molecule has 2 aromatic carbocycles. The Balaban J connectivity index is 0.00000312. The van der Waals surface area contributed by atoms with E-state index in [1.165, 1.54) is 0 Å². The SMILES string of the molecule is CC(N)CCNC(=O)COc1ccccc1OCc1ccccc1.Cl. The maximum atomic E-state index is 11.8. The first-order valence-electron chi connectivity index (χ1n) is 8.06. The quantitative estimate of drug-likeness (QED) is 0.717. The Morgan fingerprint density at radius 2 is 1.64 bits per heavy atom. The third-order valence-corrected chi connectivity index (χ3v) is 3.37. The Labute approximate surface area is 154 Å². The van der Waals surface area contributed by atoms with Gasteiger partial charge in [0.15, 0.2) is 18.1 Å². The lowest BCUT2D eigenvalue weighted by molar-refractivity contribution is -0.123. The first kappa shape index (κ1) is 20.8. The third-order valence-electron chi connectivity index (χ3n) is 3.37. The van der Waals surface area contributed by atoms with Crippen LogP contribution in [0.1, 0.15) is 18.9 Å². The van der Waals surface area contributed by atoms with Gasteiger partial charge in [-0.3, -0.25) is 4.79 Å². The molecule has 1 unspecified atom stereocenters. The second-order valence-electron chi connectivity index (χ2n) is 5.63. The summed E-state index contributed by atoms with van der Waals surface area (Å²) < 4.78 is 11.4. The average Bonchev–Trinajstić information content (AvgIpc) is 2.59. The highest BCUT2D eigenvalue weighted by Crippen LogP contribution is 2.27. The summed E-state index contributed by atoms with van der Waals surface area (Å²) in [5, 5.41) is 2.78. The highest BCUT2D eigenvalue weighted by Gasteiger charge is 2.08. The first-order chi connectivity index (χ1) is 11.6. The van der Waals surface area contributed by atoms with Crippen LogP contribution in [0, 0.1) is 0 Å². The van der Waals surface area contributed by atoms with Gasteiger partial charge in [-0.2, -0.15) is 0 Å². The van der Waals surface area contributed by atoms with Crippen molar-refractivity contribution < 1.29 is 14.3 Å². The molecule has 0 fully saturated rings. The molecule has 2 rings (SSSR count). The molecule has 3 N–H and O–H groups in total. The minimum absolute atomic E-state index is 0. The molecule has 1 atom stereocenters. The molecule has 2 aromatic rings. The van der Waals surface area contributed by atoms with Crippen LogP contribution in [0.25, 0.3) is 0 Å². The number of carbonyl (C=O) groups excluding carboxylic acids is 1. The molecule has 0 spiro atoms. The van der Waals surface area contributed by atoms with E-state index >= 15 is 0 Å². The van der Waals surface area contributed by atoms with Gasteiger partial charge in [-0.05, 0) is 31.0 Å². The summed E-state index contributed by atoms with van der Waals surface area (Å²) >= 11 is 0. The number of nitrogens with two attached hydrogens (primary N) is 1. The molecule has 0 aliphatic heterocycles. The zero-order chi connectivity index (χ0) is 17.2. The molecular formula is C19H25ClN2O3. The first-order valence-corrected chi connectivity index (χ1v) is 8.06. The molecule has 0 heterocycles. The summed E-state index contributed by atoms with van der Waals surface area (Å²) in [6.07, 6.45) is 0.739. The highest BCUT2D eigenvalue weighted by atomic mass is 35.5. The van der Waals surface area contributed by atoms with Gasteiger partial charge in [0.1, 0.15) is 6.61 Å². The van der Waals surface area contributed by atoms with Crippen molar-refractivity contribution in [3.63, 3.8) is 0 Å². The van der Waals surface area contributed by atoms with Crippen LogP contribution in [-0.2, 0) is 11.4 Å². The molecule has 0 saturated heterocycles. The number of benzene rings is 2. The maximum absolute atomic E-state index is 11.8. The van der Waals surface area contributed by atoms with Gasteiger partial charge in [0, 0.05) is 12.6 Å². The van der Waals surface area contributed by atoms with E-state index < -0.39 is 0 Å². The summed E-state index contributed by atoms with van der Waals surface area (Å²) in [6, 6.07) is 17.3. The van der Waals surface area contributed by atoms with Crippen molar-refractivity contribution in [1.82, 2.24) is 5.32 Å². The smallest absolute Gasteiger partial charge is 0.257 e. The molecule has 136 valence electrons. The van der Waals surface area contributed by atoms with Crippen LogP contribution in [0.4, 0.5) is 0 Å². The van der Waals surface area contributed by atoms with E-state index in [-0.39, 0.29) is 31.0 Å². The van der Waals surface area contributed by atoms with Crippen molar-refractivity contribution in [3.05, 3.63) is 60.2 Å². The van der Waals surface area contributed by atoms with Gasteiger partial charge in [-0.15, -0.1) is 12.4 Å². The van der Waals surface area contributed by atoms with E-state index in [1.807, 2.05) is 55.5 Å². The van der Waals surface area contributed by atoms with Crippen molar-refractivity contribution in [1.29, 1.82) is 0 Å². The van der Waals surface area contributed by atoms with Gasteiger partial charge < -0.3 is 20.5 Å². The zero-order valence-corrected chi connectivity index (χ0v) is 15.1. The predicted octanol–water partition coefficient (Wildman–Crippen LogP) is 2.92. The minimum Gasteiger partial charge on any atom is -0.485 e. The summed E-state index contributed by atoms with van der Waals surface area (Å²) in [4.78, 5) is 11.8. The fourth-order valence-corrected chi connectivity index (χ4v) is 2.06. The second-order valence-corrected chi connectivity index (χ2v) is 5.63. The lowest BCUT2D eigenvalue weighted by Gasteiger charge is -2.13.